The van der Waals surface area contributed by atoms with Crippen molar-refractivity contribution in [2.45, 2.75) is 19.4 Å². The second-order valence-electron chi connectivity index (χ2n) is 4.96. The van der Waals surface area contributed by atoms with Crippen molar-refractivity contribution < 1.29 is 9.59 Å². The highest BCUT2D eigenvalue weighted by atomic mass is 16.2. The van der Waals surface area contributed by atoms with Gasteiger partial charge in [-0.05, 0) is 30.5 Å². The molecule has 0 saturated carbocycles. The third kappa shape index (κ3) is 3.60. The monoisotopic (exact) mass is 273 g/mol. The third-order valence-electron chi connectivity index (χ3n) is 3.43. The lowest BCUT2D eigenvalue weighted by atomic mass is 10.0. The van der Waals surface area contributed by atoms with Crippen molar-refractivity contribution in [2.24, 2.45) is 5.73 Å². The average molecular weight is 273 g/mol. The highest BCUT2D eigenvalue weighted by Crippen LogP contribution is 2.16. The summed E-state index contributed by atoms with van der Waals surface area (Å²) in [6.45, 7) is 5.79. The molecule has 106 valence electrons. The van der Waals surface area contributed by atoms with E-state index in [9.17, 15) is 9.59 Å². The molecule has 0 bridgehead atoms. The molecule has 5 nitrogen and oxygen atoms in total. The second kappa shape index (κ2) is 6.23. The van der Waals surface area contributed by atoms with E-state index in [-0.39, 0.29) is 5.91 Å². The van der Waals surface area contributed by atoms with Gasteiger partial charge in [-0.3, -0.25) is 4.79 Å². The summed E-state index contributed by atoms with van der Waals surface area (Å²) in [6, 6.07) is 6.66. The Morgan fingerprint density at radius 1 is 1.20 bits per heavy atom. The lowest BCUT2D eigenvalue weighted by Gasteiger charge is -2.28. The lowest BCUT2D eigenvalue weighted by Crippen LogP contribution is -2.36. The van der Waals surface area contributed by atoms with Crippen molar-refractivity contribution in [1.82, 2.24) is 10.2 Å². The molecule has 3 N–H and O–H groups in total. The zero-order valence-corrected chi connectivity index (χ0v) is 11.4. The molecule has 20 heavy (non-hydrogen) atoms. The Morgan fingerprint density at radius 3 is 2.35 bits per heavy atom. The number of carbonyl (C=O) groups excluding carboxylic acids is 2. The molecule has 0 aliphatic carbocycles. The first-order chi connectivity index (χ1) is 9.56. The van der Waals surface area contributed by atoms with E-state index in [4.69, 9.17) is 5.73 Å². The van der Waals surface area contributed by atoms with Crippen LogP contribution in [-0.2, 0) is 6.54 Å². The van der Waals surface area contributed by atoms with Gasteiger partial charge in [-0.2, -0.15) is 0 Å². The van der Waals surface area contributed by atoms with Crippen LogP contribution >= 0.6 is 0 Å². The van der Waals surface area contributed by atoms with Crippen LogP contribution in [0.25, 0.3) is 0 Å². The van der Waals surface area contributed by atoms with Gasteiger partial charge in [0.15, 0.2) is 0 Å². The van der Waals surface area contributed by atoms with Crippen LogP contribution < -0.4 is 11.1 Å². The van der Waals surface area contributed by atoms with Gasteiger partial charge in [-0.1, -0.05) is 24.3 Å². The fourth-order valence-corrected chi connectivity index (χ4v) is 2.16. The average Bonchev–Trinajstić information content (AvgIpc) is 2.46. The number of rotatable bonds is 3. The third-order valence-corrected chi connectivity index (χ3v) is 3.43. The maximum absolute atomic E-state index is 12.3. The van der Waals surface area contributed by atoms with Gasteiger partial charge in [-0.15, -0.1) is 0 Å². The Morgan fingerprint density at radius 2 is 1.80 bits per heavy atom. The van der Waals surface area contributed by atoms with Crippen molar-refractivity contribution in [3.05, 3.63) is 47.5 Å². The van der Waals surface area contributed by atoms with E-state index in [1.807, 2.05) is 17.0 Å². The molecule has 5 heteroatoms. The summed E-state index contributed by atoms with van der Waals surface area (Å²) < 4.78 is 0. The number of carbonyl (C=O) groups is 2. The highest BCUT2D eigenvalue weighted by molar-refractivity contribution is 5.94. The number of likely N-dealkylation sites (tertiary alicyclic amines) is 1. The topological polar surface area (TPSA) is 75.4 Å². The summed E-state index contributed by atoms with van der Waals surface area (Å²) in [6.07, 6.45) is 1.76. The molecular formula is C15H19N3O2. The van der Waals surface area contributed by atoms with Crippen LogP contribution in [0.5, 0.6) is 0 Å². The summed E-state index contributed by atoms with van der Waals surface area (Å²) in [4.78, 5) is 24.8. The number of hydrogen-bond acceptors (Lipinski definition) is 2. The fraction of sp³-hybridized carbons (Fsp3) is 0.333. The number of hydrogen-bond donors (Lipinski definition) is 2. The molecule has 1 aliphatic heterocycles. The van der Waals surface area contributed by atoms with Crippen molar-refractivity contribution >= 4 is 11.9 Å². The maximum Gasteiger partial charge on any atom is 0.312 e. The summed E-state index contributed by atoms with van der Waals surface area (Å²) >= 11 is 0. The van der Waals surface area contributed by atoms with Gasteiger partial charge in [0, 0.05) is 25.2 Å². The molecular weight excluding hydrogens is 254 g/mol. The van der Waals surface area contributed by atoms with Gasteiger partial charge < -0.3 is 16.0 Å². The maximum atomic E-state index is 12.3. The van der Waals surface area contributed by atoms with Crippen LogP contribution in [0.2, 0.25) is 0 Å². The standard InChI is InChI=1S/C15H19N3O2/c1-11-6-8-18(9-7-11)14(19)13-4-2-12(3-5-13)10-17-15(16)20/h2-5H,1,6-10H2,(H3,16,17,20). The Kier molecular flexibility index (Phi) is 4.40. The highest BCUT2D eigenvalue weighted by Gasteiger charge is 2.19. The number of urea groups is 1. The van der Waals surface area contributed by atoms with Crippen LogP contribution in [0.4, 0.5) is 4.79 Å². The van der Waals surface area contributed by atoms with Crippen LogP contribution in [0.3, 0.4) is 0 Å². The van der Waals surface area contributed by atoms with Gasteiger partial charge in [0.1, 0.15) is 0 Å². The van der Waals surface area contributed by atoms with Gasteiger partial charge in [0.05, 0.1) is 0 Å². The normalized spacial score (nSPS) is 15.0. The zero-order valence-electron chi connectivity index (χ0n) is 11.4. The number of amides is 3. The molecule has 0 spiro atoms. The number of nitrogens with one attached hydrogen (secondary N) is 1. The van der Waals surface area contributed by atoms with E-state index in [1.54, 1.807) is 12.1 Å². The minimum Gasteiger partial charge on any atom is -0.352 e. The lowest BCUT2D eigenvalue weighted by molar-refractivity contribution is 0.0744. The molecule has 2 rings (SSSR count). The second-order valence-corrected chi connectivity index (χ2v) is 4.96. The molecule has 0 aromatic heterocycles. The molecule has 1 saturated heterocycles. The summed E-state index contributed by atoms with van der Waals surface area (Å²) in [7, 11) is 0. The fourth-order valence-electron chi connectivity index (χ4n) is 2.16. The molecule has 1 heterocycles. The van der Waals surface area contributed by atoms with E-state index < -0.39 is 6.03 Å². The minimum atomic E-state index is -0.557. The van der Waals surface area contributed by atoms with Gasteiger partial charge in [0.25, 0.3) is 5.91 Å². The molecule has 1 aliphatic rings. The Balaban J connectivity index is 1.96. The number of primary amides is 1. The largest absolute Gasteiger partial charge is 0.352 e. The Labute approximate surface area is 118 Å². The van der Waals surface area contributed by atoms with Crippen LogP contribution in [-0.4, -0.2) is 29.9 Å². The van der Waals surface area contributed by atoms with Crippen molar-refractivity contribution in [3.8, 4) is 0 Å². The molecule has 0 unspecified atom stereocenters. The Hall–Kier alpha value is -2.30. The minimum absolute atomic E-state index is 0.0481. The van der Waals surface area contributed by atoms with Crippen molar-refractivity contribution in [1.29, 1.82) is 0 Å². The predicted octanol–water partition coefficient (Wildman–Crippen LogP) is 1.65. The van der Waals surface area contributed by atoms with E-state index >= 15 is 0 Å². The van der Waals surface area contributed by atoms with Crippen LogP contribution in [0.1, 0.15) is 28.8 Å². The summed E-state index contributed by atoms with van der Waals surface area (Å²) in [5.74, 6) is 0.0481. The SMILES string of the molecule is C=C1CCN(C(=O)c2ccc(CNC(N)=O)cc2)CC1. The number of piperidine rings is 1. The van der Waals surface area contributed by atoms with Crippen molar-refractivity contribution in [2.75, 3.05) is 13.1 Å². The quantitative estimate of drug-likeness (QED) is 0.822. The predicted molar refractivity (Wildman–Crippen MR) is 77.1 cm³/mol. The summed E-state index contributed by atoms with van der Waals surface area (Å²) in [5, 5.41) is 2.51. The first-order valence-electron chi connectivity index (χ1n) is 6.64. The molecule has 1 fully saturated rings. The van der Waals surface area contributed by atoms with E-state index in [2.05, 4.69) is 11.9 Å². The Bertz CT molecular complexity index is 512. The number of nitrogens with zero attached hydrogens (tertiary/aromatic N) is 1. The smallest absolute Gasteiger partial charge is 0.312 e. The number of nitrogens with two attached hydrogens (primary N) is 1. The molecule has 1 aromatic rings. The van der Waals surface area contributed by atoms with Crippen molar-refractivity contribution in [3.63, 3.8) is 0 Å². The van der Waals surface area contributed by atoms with Gasteiger partial charge >= 0.3 is 6.03 Å². The first-order valence-corrected chi connectivity index (χ1v) is 6.64. The first kappa shape index (κ1) is 14.1. The van der Waals surface area contributed by atoms with Crippen LogP contribution in [0.15, 0.2) is 36.4 Å². The molecule has 1 aromatic carbocycles. The molecule has 0 radical (unpaired) electrons. The van der Waals surface area contributed by atoms with E-state index in [0.717, 1.165) is 31.5 Å². The van der Waals surface area contributed by atoms with Crippen LogP contribution in [0, 0.1) is 0 Å². The summed E-state index contributed by atoms with van der Waals surface area (Å²) in [5.41, 5.74) is 7.80. The van der Waals surface area contributed by atoms with E-state index in [1.165, 1.54) is 5.57 Å². The molecule has 3 amide bonds. The zero-order chi connectivity index (χ0) is 14.5. The van der Waals surface area contributed by atoms with E-state index in [0.29, 0.717) is 12.1 Å². The molecule has 0 atom stereocenters. The van der Waals surface area contributed by atoms with Gasteiger partial charge in [0.2, 0.25) is 0 Å². The number of benzene rings is 1. The van der Waals surface area contributed by atoms with Gasteiger partial charge in [-0.25, -0.2) is 4.79 Å².